The van der Waals surface area contributed by atoms with Crippen molar-refractivity contribution in [3.05, 3.63) is 0 Å². The molecule has 1 amide bonds. The molecule has 10 heteroatoms. The molecule has 0 radical (unpaired) electrons. The lowest BCUT2D eigenvalue weighted by atomic mass is 10.4. The van der Waals surface area contributed by atoms with Crippen LogP contribution in [0.3, 0.4) is 0 Å². The van der Waals surface area contributed by atoms with E-state index in [0.717, 1.165) is 18.9 Å². The van der Waals surface area contributed by atoms with Gasteiger partial charge in [0, 0.05) is 5.75 Å². The van der Waals surface area contributed by atoms with E-state index in [9.17, 15) is 18.0 Å². The summed E-state index contributed by atoms with van der Waals surface area (Å²) in [7, 11) is -3.15. The monoisotopic (exact) mass is 270 g/mol. The number of carbonyl (C=O) groups is 2. The smallest absolute Gasteiger partial charge is 0.421 e. The highest BCUT2D eigenvalue weighted by Crippen LogP contribution is 2.23. The fraction of sp³-hybridized carbons (Fsp3) is 0.667. The number of nitrogens with one attached hydrogen (secondary N) is 1. The van der Waals surface area contributed by atoms with E-state index in [1.807, 2.05) is 0 Å². The first kappa shape index (κ1) is 13.1. The van der Waals surface area contributed by atoms with Gasteiger partial charge < -0.3 is 9.84 Å². The molecule has 1 aliphatic heterocycles. The summed E-state index contributed by atoms with van der Waals surface area (Å²) in [6, 6.07) is -1.16. The molecular formula is C6H10N2O6S2. The number of amides is 1. The molecule has 1 saturated heterocycles. The maximum absolute atomic E-state index is 11.6. The molecule has 0 bridgehead atoms. The molecule has 8 nitrogen and oxygen atoms in total. The van der Waals surface area contributed by atoms with Gasteiger partial charge in [-0.3, -0.25) is 4.79 Å². The van der Waals surface area contributed by atoms with Crippen molar-refractivity contribution in [3.8, 4) is 0 Å². The highest BCUT2D eigenvalue weighted by atomic mass is 32.2. The molecule has 0 aromatic carbocycles. The van der Waals surface area contributed by atoms with Crippen LogP contribution in [0.15, 0.2) is 0 Å². The third kappa shape index (κ3) is 2.77. The molecule has 16 heavy (non-hydrogen) atoms. The van der Waals surface area contributed by atoms with Crippen molar-refractivity contribution in [2.45, 2.75) is 6.04 Å². The standard InChI is InChI=1S/C6H10N2O6S2/c1-14-6(11)7-16(12,13)8-3-15-2-4(8)5(9)10/h4H,2-3H2,1H3,(H,7,11)(H,9,10)/t4-/m0/s1. The van der Waals surface area contributed by atoms with Crippen molar-refractivity contribution in [1.29, 1.82) is 0 Å². The Morgan fingerprint density at radius 2 is 2.19 bits per heavy atom. The number of hydrogen-bond acceptors (Lipinski definition) is 6. The van der Waals surface area contributed by atoms with Crippen molar-refractivity contribution in [1.82, 2.24) is 9.03 Å². The van der Waals surface area contributed by atoms with Crippen LogP contribution in [0.1, 0.15) is 0 Å². The van der Waals surface area contributed by atoms with E-state index in [2.05, 4.69) is 4.74 Å². The van der Waals surface area contributed by atoms with Gasteiger partial charge in [0.25, 0.3) is 0 Å². The van der Waals surface area contributed by atoms with Crippen LogP contribution in [0, 0.1) is 0 Å². The van der Waals surface area contributed by atoms with E-state index in [0.29, 0.717) is 4.31 Å². The molecule has 1 fully saturated rings. The van der Waals surface area contributed by atoms with Crippen LogP contribution < -0.4 is 4.72 Å². The molecule has 1 heterocycles. The third-order valence-electron chi connectivity index (χ3n) is 1.83. The van der Waals surface area contributed by atoms with Crippen LogP contribution in [-0.2, 0) is 19.7 Å². The predicted molar refractivity (Wildman–Crippen MR) is 55.0 cm³/mol. The summed E-state index contributed by atoms with van der Waals surface area (Å²) in [5.41, 5.74) is 0. The summed E-state index contributed by atoms with van der Waals surface area (Å²) in [6.45, 7) is 0. The van der Waals surface area contributed by atoms with Crippen molar-refractivity contribution in [2.75, 3.05) is 18.7 Å². The van der Waals surface area contributed by atoms with E-state index in [1.54, 1.807) is 4.72 Å². The number of carbonyl (C=O) groups excluding carboxylic acids is 1. The van der Waals surface area contributed by atoms with Crippen LogP contribution >= 0.6 is 11.8 Å². The Bertz CT molecular complexity index is 394. The fourth-order valence-electron chi connectivity index (χ4n) is 1.06. The minimum Gasteiger partial charge on any atom is -0.480 e. The largest absolute Gasteiger partial charge is 0.480 e. The maximum Gasteiger partial charge on any atom is 0.421 e. The zero-order valence-corrected chi connectivity index (χ0v) is 9.88. The van der Waals surface area contributed by atoms with Crippen molar-refractivity contribution in [3.63, 3.8) is 0 Å². The lowest BCUT2D eigenvalue weighted by Gasteiger charge is -2.19. The summed E-state index contributed by atoms with van der Waals surface area (Å²) in [5, 5.41) is 8.77. The average Bonchev–Trinajstić information content (AvgIpc) is 2.65. The van der Waals surface area contributed by atoms with E-state index in [-0.39, 0.29) is 11.6 Å². The van der Waals surface area contributed by atoms with Gasteiger partial charge in [-0.1, -0.05) is 0 Å². The average molecular weight is 270 g/mol. The third-order valence-corrected chi connectivity index (χ3v) is 4.43. The zero-order chi connectivity index (χ0) is 12.3. The van der Waals surface area contributed by atoms with Crippen LogP contribution in [-0.4, -0.2) is 54.7 Å². The summed E-state index contributed by atoms with van der Waals surface area (Å²) < 4.78 is 29.5. The molecule has 0 unspecified atom stereocenters. The summed E-state index contributed by atoms with van der Waals surface area (Å²) >= 11 is 1.15. The van der Waals surface area contributed by atoms with E-state index < -0.39 is 28.3 Å². The van der Waals surface area contributed by atoms with Crippen molar-refractivity contribution >= 4 is 34.0 Å². The number of hydrogen-bond donors (Lipinski definition) is 2. The van der Waals surface area contributed by atoms with Gasteiger partial charge in [-0.05, 0) is 0 Å². The number of carboxylic acids is 1. The minimum absolute atomic E-state index is 0.0106. The van der Waals surface area contributed by atoms with Crippen LogP contribution in [0.5, 0.6) is 0 Å². The van der Waals surface area contributed by atoms with Crippen molar-refractivity contribution in [2.24, 2.45) is 0 Å². The Balaban J connectivity index is 2.83. The van der Waals surface area contributed by atoms with Gasteiger partial charge in [-0.2, -0.15) is 12.7 Å². The lowest BCUT2D eigenvalue weighted by molar-refractivity contribution is -0.140. The Labute approximate surface area is 96.1 Å². The first-order valence-electron chi connectivity index (χ1n) is 4.06. The Hall–Kier alpha value is -1.00. The molecule has 0 spiro atoms. The second-order valence-electron chi connectivity index (χ2n) is 2.84. The van der Waals surface area contributed by atoms with Gasteiger partial charge in [0.2, 0.25) is 0 Å². The highest BCUT2D eigenvalue weighted by molar-refractivity contribution is 8.00. The topological polar surface area (TPSA) is 113 Å². The second-order valence-corrected chi connectivity index (χ2v) is 5.46. The molecule has 92 valence electrons. The number of ether oxygens (including phenoxy) is 1. The molecule has 1 aliphatic rings. The van der Waals surface area contributed by atoms with Gasteiger partial charge in [0.1, 0.15) is 6.04 Å². The number of aliphatic carboxylic acids is 1. The van der Waals surface area contributed by atoms with Crippen molar-refractivity contribution < 1.29 is 27.9 Å². The summed E-state index contributed by atoms with van der Waals surface area (Å²) in [5.74, 6) is -1.11. The number of methoxy groups -OCH3 is 1. The molecule has 0 aromatic heterocycles. The lowest BCUT2D eigenvalue weighted by Crippen LogP contribution is -2.48. The fourth-order valence-corrected chi connectivity index (χ4v) is 3.86. The Morgan fingerprint density at radius 1 is 1.56 bits per heavy atom. The molecule has 0 aromatic rings. The van der Waals surface area contributed by atoms with Crippen LogP contribution in [0.2, 0.25) is 0 Å². The van der Waals surface area contributed by atoms with Gasteiger partial charge in [-0.25, -0.2) is 9.52 Å². The highest BCUT2D eigenvalue weighted by Gasteiger charge is 2.40. The molecule has 0 saturated carbocycles. The Kier molecular flexibility index (Phi) is 3.99. The molecular weight excluding hydrogens is 260 g/mol. The maximum atomic E-state index is 11.6. The zero-order valence-electron chi connectivity index (χ0n) is 8.24. The Morgan fingerprint density at radius 3 is 2.69 bits per heavy atom. The van der Waals surface area contributed by atoms with Gasteiger partial charge in [0.15, 0.2) is 0 Å². The number of nitrogens with zero attached hydrogens (tertiary/aromatic N) is 1. The summed E-state index contributed by atoms with van der Waals surface area (Å²) in [6.07, 6.45) is -1.15. The van der Waals surface area contributed by atoms with Gasteiger partial charge in [-0.15, -0.1) is 11.8 Å². The van der Waals surface area contributed by atoms with Gasteiger partial charge >= 0.3 is 22.3 Å². The normalized spacial score (nSPS) is 21.7. The van der Waals surface area contributed by atoms with Gasteiger partial charge in [0.05, 0.1) is 13.0 Å². The second kappa shape index (κ2) is 4.89. The van der Waals surface area contributed by atoms with E-state index >= 15 is 0 Å². The number of thioether (sulfide) groups is 1. The molecule has 1 rings (SSSR count). The summed E-state index contributed by atoms with van der Waals surface area (Å²) in [4.78, 5) is 21.5. The molecule has 1 atom stereocenters. The molecule has 0 aliphatic carbocycles. The quantitative estimate of drug-likeness (QED) is 0.679. The molecule has 2 N–H and O–H groups in total. The van der Waals surface area contributed by atoms with E-state index in [1.165, 1.54) is 0 Å². The first-order valence-corrected chi connectivity index (χ1v) is 6.66. The van der Waals surface area contributed by atoms with E-state index in [4.69, 9.17) is 5.11 Å². The SMILES string of the molecule is COC(=O)NS(=O)(=O)N1CSC[C@H]1C(=O)O. The predicted octanol–water partition coefficient (Wildman–Crippen LogP) is -0.953. The van der Waals surface area contributed by atoms with Crippen LogP contribution in [0.25, 0.3) is 0 Å². The minimum atomic E-state index is -4.16. The van der Waals surface area contributed by atoms with Crippen LogP contribution in [0.4, 0.5) is 4.79 Å². The number of carboxylic acid groups (broad SMARTS) is 1. The number of rotatable bonds is 3. The first-order chi connectivity index (χ1) is 7.38.